The summed E-state index contributed by atoms with van der Waals surface area (Å²) in [5.41, 5.74) is 2.06. The molecule has 21 heavy (non-hydrogen) atoms. The van der Waals surface area contributed by atoms with Gasteiger partial charge in [0, 0.05) is 36.3 Å². The second kappa shape index (κ2) is 8.49. The van der Waals surface area contributed by atoms with Crippen LogP contribution in [0.15, 0.2) is 59.5 Å². The minimum Gasteiger partial charge on any atom is -0.326 e. The van der Waals surface area contributed by atoms with Gasteiger partial charge in [-0.25, -0.2) is 0 Å². The Morgan fingerprint density at radius 1 is 1.05 bits per heavy atom. The van der Waals surface area contributed by atoms with E-state index in [2.05, 4.69) is 34.9 Å². The third-order valence-corrected chi connectivity index (χ3v) is 3.91. The van der Waals surface area contributed by atoms with E-state index in [9.17, 15) is 4.79 Å². The van der Waals surface area contributed by atoms with Crippen LogP contribution in [0.3, 0.4) is 0 Å². The molecular weight excluding hydrogens is 280 g/mol. The van der Waals surface area contributed by atoms with Gasteiger partial charge in [-0.15, -0.1) is 11.8 Å². The van der Waals surface area contributed by atoms with Gasteiger partial charge in [0.25, 0.3) is 0 Å². The molecule has 0 fully saturated rings. The average molecular weight is 300 g/mol. The van der Waals surface area contributed by atoms with Crippen molar-refractivity contribution >= 4 is 23.4 Å². The van der Waals surface area contributed by atoms with Crippen molar-refractivity contribution in [2.45, 2.75) is 18.4 Å². The normalized spacial score (nSPS) is 10.3. The molecule has 1 amide bonds. The fourth-order valence-electron chi connectivity index (χ4n) is 1.90. The van der Waals surface area contributed by atoms with Crippen molar-refractivity contribution in [3.63, 3.8) is 0 Å². The van der Waals surface area contributed by atoms with Crippen LogP contribution in [-0.2, 0) is 11.3 Å². The Morgan fingerprint density at radius 2 is 1.76 bits per heavy atom. The average Bonchev–Trinajstić information content (AvgIpc) is 2.49. The molecule has 0 radical (unpaired) electrons. The summed E-state index contributed by atoms with van der Waals surface area (Å²) >= 11 is 1.85. The second-order valence-corrected chi connectivity index (χ2v) is 5.88. The SMILES string of the molecule is CC(=O)Nc1ccc(CNCCSc2ccccc2)cc1. The zero-order valence-electron chi connectivity index (χ0n) is 12.1. The molecule has 0 saturated heterocycles. The molecule has 0 aliphatic rings. The topological polar surface area (TPSA) is 41.1 Å². The molecule has 0 unspecified atom stereocenters. The largest absolute Gasteiger partial charge is 0.326 e. The van der Waals surface area contributed by atoms with Crippen molar-refractivity contribution in [2.75, 3.05) is 17.6 Å². The van der Waals surface area contributed by atoms with Crippen LogP contribution >= 0.6 is 11.8 Å². The van der Waals surface area contributed by atoms with Crippen LogP contribution in [0.5, 0.6) is 0 Å². The number of carbonyl (C=O) groups is 1. The molecule has 0 atom stereocenters. The lowest BCUT2D eigenvalue weighted by Gasteiger charge is -2.07. The minimum absolute atomic E-state index is 0.0428. The molecule has 2 aromatic rings. The van der Waals surface area contributed by atoms with Crippen molar-refractivity contribution in [2.24, 2.45) is 0 Å². The fourth-order valence-corrected chi connectivity index (χ4v) is 2.73. The van der Waals surface area contributed by atoms with E-state index >= 15 is 0 Å². The van der Waals surface area contributed by atoms with E-state index < -0.39 is 0 Å². The first kappa shape index (κ1) is 15.6. The molecule has 2 aromatic carbocycles. The van der Waals surface area contributed by atoms with E-state index in [1.54, 1.807) is 0 Å². The standard InChI is InChI=1S/C17H20N2OS/c1-14(20)19-16-9-7-15(8-10-16)13-18-11-12-21-17-5-3-2-4-6-17/h2-10,18H,11-13H2,1H3,(H,19,20). The number of hydrogen-bond acceptors (Lipinski definition) is 3. The highest BCUT2D eigenvalue weighted by molar-refractivity contribution is 7.99. The van der Waals surface area contributed by atoms with Gasteiger partial charge in [-0.3, -0.25) is 4.79 Å². The molecule has 0 aliphatic heterocycles. The summed E-state index contributed by atoms with van der Waals surface area (Å²) in [5.74, 6) is 1.01. The molecule has 0 spiro atoms. The molecular formula is C17H20N2OS. The van der Waals surface area contributed by atoms with Crippen LogP contribution in [0.2, 0.25) is 0 Å². The maximum atomic E-state index is 10.9. The van der Waals surface area contributed by atoms with Gasteiger partial charge in [0.05, 0.1) is 0 Å². The zero-order valence-corrected chi connectivity index (χ0v) is 13.0. The van der Waals surface area contributed by atoms with Gasteiger partial charge < -0.3 is 10.6 Å². The Balaban J connectivity index is 1.65. The van der Waals surface area contributed by atoms with Crippen LogP contribution < -0.4 is 10.6 Å². The highest BCUT2D eigenvalue weighted by Gasteiger charge is 1.97. The summed E-state index contributed by atoms with van der Waals surface area (Å²) < 4.78 is 0. The van der Waals surface area contributed by atoms with E-state index in [1.807, 2.05) is 42.1 Å². The van der Waals surface area contributed by atoms with E-state index in [0.29, 0.717) is 0 Å². The number of thioether (sulfide) groups is 1. The molecule has 2 N–H and O–H groups in total. The van der Waals surface area contributed by atoms with Crippen molar-refractivity contribution < 1.29 is 4.79 Å². The third-order valence-electron chi connectivity index (χ3n) is 2.89. The van der Waals surface area contributed by atoms with E-state index in [-0.39, 0.29) is 5.91 Å². The maximum absolute atomic E-state index is 10.9. The van der Waals surface area contributed by atoms with Crippen molar-refractivity contribution in [3.8, 4) is 0 Å². The van der Waals surface area contributed by atoms with E-state index in [1.165, 1.54) is 17.4 Å². The summed E-state index contributed by atoms with van der Waals surface area (Å²) in [7, 11) is 0. The number of rotatable bonds is 7. The monoisotopic (exact) mass is 300 g/mol. The summed E-state index contributed by atoms with van der Waals surface area (Å²) in [6.07, 6.45) is 0. The Kier molecular flexibility index (Phi) is 6.31. The number of benzene rings is 2. The number of nitrogens with one attached hydrogen (secondary N) is 2. The van der Waals surface area contributed by atoms with Gasteiger partial charge in [0.15, 0.2) is 0 Å². The summed E-state index contributed by atoms with van der Waals surface area (Å²) in [5, 5.41) is 6.19. The quantitative estimate of drug-likeness (QED) is 0.607. The first-order chi connectivity index (χ1) is 10.2. The summed E-state index contributed by atoms with van der Waals surface area (Å²) in [6.45, 7) is 3.32. The van der Waals surface area contributed by atoms with Crippen molar-refractivity contribution in [1.29, 1.82) is 0 Å². The lowest BCUT2D eigenvalue weighted by atomic mass is 10.2. The molecule has 0 bridgehead atoms. The molecule has 2 rings (SSSR count). The van der Waals surface area contributed by atoms with Gasteiger partial charge in [-0.2, -0.15) is 0 Å². The Bertz CT molecular complexity index is 555. The lowest BCUT2D eigenvalue weighted by molar-refractivity contribution is -0.114. The molecule has 0 aliphatic carbocycles. The highest BCUT2D eigenvalue weighted by atomic mass is 32.2. The number of anilines is 1. The van der Waals surface area contributed by atoms with E-state index in [0.717, 1.165) is 24.5 Å². The van der Waals surface area contributed by atoms with Gasteiger partial charge in [0.1, 0.15) is 0 Å². The molecule has 4 heteroatoms. The first-order valence-electron chi connectivity index (χ1n) is 6.99. The van der Waals surface area contributed by atoms with Crippen LogP contribution in [0.4, 0.5) is 5.69 Å². The Hall–Kier alpha value is -1.78. The van der Waals surface area contributed by atoms with Crippen LogP contribution in [0.25, 0.3) is 0 Å². The van der Waals surface area contributed by atoms with Crippen molar-refractivity contribution in [3.05, 3.63) is 60.2 Å². The Morgan fingerprint density at radius 3 is 2.43 bits per heavy atom. The highest BCUT2D eigenvalue weighted by Crippen LogP contribution is 2.15. The molecule has 0 heterocycles. The smallest absolute Gasteiger partial charge is 0.221 e. The zero-order chi connectivity index (χ0) is 14.9. The van der Waals surface area contributed by atoms with Crippen LogP contribution in [0.1, 0.15) is 12.5 Å². The summed E-state index contributed by atoms with van der Waals surface area (Å²) in [6, 6.07) is 18.3. The van der Waals surface area contributed by atoms with Gasteiger partial charge in [-0.05, 0) is 29.8 Å². The van der Waals surface area contributed by atoms with Crippen LogP contribution in [-0.4, -0.2) is 18.2 Å². The lowest BCUT2D eigenvalue weighted by Crippen LogP contribution is -2.16. The van der Waals surface area contributed by atoms with Gasteiger partial charge in [-0.1, -0.05) is 30.3 Å². The number of amides is 1. The minimum atomic E-state index is -0.0428. The Labute approximate surface area is 130 Å². The third kappa shape index (κ3) is 6.02. The first-order valence-corrected chi connectivity index (χ1v) is 7.98. The van der Waals surface area contributed by atoms with Crippen LogP contribution in [0, 0.1) is 0 Å². The second-order valence-electron chi connectivity index (χ2n) is 4.72. The molecule has 0 aromatic heterocycles. The molecule has 110 valence electrons. The van der Waals surface area contributed by atoms with Gasteiger partial charge in [0.2, 0.25) is 5.91 Å². The summed E-state index contributed by atoms with van der Waals surface area (Å²) in [4.78, 5) is 12.2. The maximum Gasteiger partial charge on any atom is 0.221 e. The van der Waals surface area contributed by atoms with E-state index in [4.69, 9.17) is 0 Å². The predicted molar refractivity (Wildman–Crippen MR) is 89.6 cm³/mol. The van der Waals surface area contributed by atoms with Gasteiger partial charge >= 0.3 is 0 Å². The number of hydrogen-bond donors (Lipinski definition) is 2. The molecule has 0 saturated carbocycles. The molecule has 3 nitrogen and oxygen atoms in total. The number of carbonyl (C=O) groups excluding carboxylic acids is 1. The fraction of sp³-hybridized carbons (Fsp3) is 0.235. The van der Waals surface area contributed by atoms with Crippen molar-refractivity contribution in [1.82, 2.24) is 5.32 Å². The predicted octanol–water partition coefficient (Wildman–Crippen LogP) is 3.53.